The Kier molecular flexibility index (Phi) is 8.09. The Morgan fingerprint density at radius 2 is 1.95 bits per heavy atom. The zero-order valence-corrected chi connectivity index (χ0v) is 22.8. The first kappa shape index (κ1) is 28.0. The number of ether oxygens (including phenoxy) is 4. The third kappa shape index (κ3) is 5.14. The van der Waals surface area contributed by atoms with Crippen LogP contribution < -0.4 is 0 Å². The predicted molar refractivity (Wildman–Crippen MR) is 137 cm³/mol. The van der Waals surface area contributed by atoms with E-state index in [1.807, 2.05) is 32.1 Å². The molecule has 9 atom stereocenters. The van der Waals surface area contributed by atoms with E-state index in [-0.39, 0.29) is 29.8 Å². The van der Waals surface area contributed by atoms with Gasteiger partial charge < -0.3 is 23.9 Å². The van der Waals surface area contributed by atoms with E-state index in [1.165, 1.54) is 21.0 Å². The molecule has 9 nitrogen and oxygen atoms in total. The van der Waals surface area contributed by atoms with Crippen LogP contribution in [0, 0.1) is 23.7 Å². The van der Waals surface area contributed by atoms with Crippen LogP contribution in [0.3, 0.4) is 0 Å². The number of esters is 2. The summed E-state index contributed by atoms with van der Waals surface area (Å²) in [4.78, 5) is 53.6. The van der Waals surface area contributed by atoms with Crippen molar-refractivity contribution in [1.29, 1.82) is 0 Å². The van der Waals surface area contributed by atoms with Crippen molar-refractivity contribution in [1.82, 2.24) is 4.98 Å². The molecule has 1 N–H and O–H groups in total. The number of aromatic nitrogens is 1. The van der Waals surface area contributed by atoms with Gasteiger partial charge in [-0.3, -0.25) is 9.59 Å². The molecule has 0 saturated carbocycles. The molecule has 38 heavy (non-hydrogen) atoms. The normalized spacial score (nSPS) is 35.7. The van der Waals surface area contributed by atoms with Crippen LogP contribution >= 0.6 is 0 Å². The fourth-order valence-corrected chi connectivity index (χ4v) is 6.05. The number of fused-ring (bicyclic) bond motifs is 1. The highest BCUT2D eigenvalue weighted by molar-refractivity contribution is 5.88. The Bertz CT molecular complexity index is 1140. The summed E-state index contributed by atoms with van der Waals surface area (Å²) in [5.74, 6) is -2.89. The maximum absolute atomic E-state index is 13.0. The smallest absolute Gasteiger partial charge is 0.355 e. The van der Waals surface area contributed by atoms with Crippen molar-refractivity contribution in [2.75, 3.05) is 7.11 Å². The Hall–Kier alpha value is -3.04. The summed E-state index contributed by atoms with van der Waals surface area (Å²) in [6, 6.07) is 3.32. The molecule has 2 aliphatic heterocycles. The van der Waals surface area contributed by atoms with Crippen LogP contribution in [0.25, 0.3) is 0 Å². The van der Waals surface area contributed by atoms with Gasteiger partial charge in [-0.25, -0.2) is 9.59 Å². The molecule has 0 unspecified atom stereocenters. The van der Waals surface area contributed by atoms with E-state index >= 15 is 0 Å². The van der Waals surface area contributed by atoms with Crippen molar-refractivity contribution < 1.29 is 38.1 Å². The molecule has 1 spiro atoms. The molecule has 0 radical (unpaired) electrons. The number of hydrogen-bond donors (Lipinski definition) is 1. The number of Topliss-reactive ketones (excluding diaryl/α,β-unsaturated/α-hetero) is 2. The first-order valence-electron chi connectivity index (χ1n) is 13.1. The Morgan fingerprint density at radius 1 is 1.21 bits per heavy atom. The van der Waals surface area contributed by atoms with Crippen molar-refractivity contribution in [2.24, 2.45) is 23.7 Å². The monoisotopic (exact) mass is 527 g/mol. The van der Waals surface area contributed by atoms with Gasteiger partial charge in [-0.1, -0.05) is 32.1 Å². The van der Waals surface area contributed by atoms with Crippen molar-refractivity contribution in [3.05, 3.63) is 47.8 Å². The molecule has 4 rings (SSSR count). The van der Waals surface area contributed by atoms with Gasteiger partial charge in [0.1, 0.15) is 23.7 Å². The van der Waals surface area contributed by atoms with E-state index < -0.39 is 53.8 Å². The van der Waals surface area contributed by atoms with Gasteiger partial charge in [0.15, 0.2) is 18.0 Å². The molecule has 1 saturated heterocycles. The van der Waals surface area contributed by atoms with E-state index in [2.05, 4.69) is 4.98 Å². The molecule has 2 bridgehead atoms. The number of rotatable bonds is 7. The largest absolute Gasteiger partial charge is 0.454 e. The number of aromatic amines is 1. The molecule has 1 aromatic rings. The van der Waals surface area contributed by atoms with Crippen molar-refractivity contribution in [2.45, 2.75) is 77.5 Å². The number of ketones is 2. The van der Waals surface area contributed by atoms with Gasteiger partial charge >= 0.3 is 11.9 Å². The number of carbonyl (C=O) groups excluding carboxylic acids is 4. The molecule has 1 aliphatic carbocycles. The number of H-pyrrole nitrogens is 1. The molecule has 3 aliphatic rings. The van der Waals surface area contributed by atoms with Gasteiger partial charge in [-0.05, 0) is 51.3 Å². The van der Waals surface area contributed by atoms with E-state index in [0.717, 1.165) is 5.57 Å². The quantitative estimate of drug-likeness (QED) is 0.422. The third-order valence-electron chi connectivity index (χ3n) is 8.33. The second kappa shape index (κ2) is 11.0. The summed E-state index contributed by atoms with van der Waals surface area (Å²) in [6.07, 6.45) is 5.23. The van der Waals surface area contributed by atoms with E-state index in [4.69, 9.17) is 18.9 Å². The molecular formula is C29H37NO8. The fraction of sp³-hybridized carbons (Fsp3) is 0.586. The minimum absolute atomic E-state index is 0.115. The molecular weight excluding hydrogens is 490 g/mol. The van der Waals surface area contributed by atoms with Crippen LogP contribution in [0.4, 0.5) is 0 Å². The highest BCUT2D eigenvalue weighted by Gasteiger charge is 2.57. The standard InChI is InChI=1S/C29H37NO8/c1-15-12-16(2)29-14-20(9-10-21(29)13-23(35-6)28(34)36-24(15)19(5)32)26(38-29)25(17(3)18(4)31)37-27(33)22-8-7-11-30-22/h7-12,15,17,20-21,23-26,30H,13-14H2,1-6H3/b16-12+/t15-,17-,20-,21-,23+,24+,25-,26-,29+/m1/s1. The second-order valence-corrected chi connectivity index (χ2v) is 10.8. The van der Waals surface area contributed by atoms with Crippen LogP contribution in [0.2, 0.25) is 0 Å². The van der Waals surface area contributed by atoms with Crippen molar-refractivity contribution in [3.63, 3.8) is 0 Å². The molecule has 1 aromatic heterocycles. The van der Waals surface area contributed by atoms with Crippen LogP contribution in [0.1, 0.15) is 57.9 Å². The summed E-state index contributed by atoms with van der Waals surface area (Å²) in [7, 11) is 1.44. The van der Waals surface area contributed by atoms with Crippen LogP contribution in [0.5, 0.6) is 0 Å². The lowest BCUT2D eigenvalue weighted by molar-refractivity contribution is -0.169. The average Bonchev–Trinajstić information content (AvgIpc) is 3.51. The first-order chi connectivity index (χ1) is 18.0. The van der Waals surface area contributed by atoms with E-state index in [9.17, 15) is 19.2 Å². The Balaban J connectivity index is 1.74. The maximum Gasteiger partial charge on any atom is 0.355 e. The number of nitrogens with one attached hydrogen (secondary N) is 1. The summed E-state index contributed by atoms with van der Waals surface area (Å²) in [5, 5.41) is 0. The van der Waals surface area contributed by atoms with Gasteiger partial charge in [-0.15, -0.1) is 0 Å². The van der Waals surface area contributed by atoms with E-state index in [0.29, 0.717) is 12.1 Å². The first-order valence-corrected chi connectivity index (χ1v) is 13.1. The van der Waals surface area contributed by atoms with Gasteiger partial charge in [0.05, 0.1) is 11.5 Å². The number of cyclic esters (lactones) is 1. The van der Waals surface area contributed by atoms with Gasteiger partial charge in [0.2, 0.25) is 0 Å². The second-order valence-electron chi connectivity index (χ2n) is 10.8. The lowest BCUT2D eigenvalue weighted by atomic mass is 9.69. The average molecular weight is 528 g/mol. The highest BCUT2D eigenvalue weighted by Crippen LogP contribution is 2.53. The zero-order valence-electron chi connectivity index (χ0n) is 22.8. The van der Waals surface area contributed by atoms with Crippen molar-refractivity contribution in [3.8, 4) is 0 Å². The van der Waals surface area contributed by atoms with Gasteiger partial charge in [-0.2, -0.15) is 0 Å². The Morgan fingerprint density at radius 3 is 2.55 bits per heavy atom. The highest BCUT2D eigenvalue weighted by atomic mass is 16.6. The maximum atomic E-state index is 13.0. The summed E-state index contributed by atoms with van der Waals surface area (Å²) < 4.78 is 23.9. The van der Waals surface area contributed by atoms with Crippen LogP contribution in [0.15, 0.2) is 42.1 Å². The number of hydrogen-bond acceptors (Lipinski definition) is 8. The number of carbonyl (C=O) groups is 4. The summed E-state index contributed by atoms with van der Waals surface area (Å²) in [5.41, 5.74) is 0.358. The zero-order chi connectivity index (χ0) is 27.8. The molecule has 3 heterocycles. The Labute approximate surface area is 222 Å². The summed E-state index contributed by atoms with van der Waals surface area (Å²) in [6.45, 7) is 8.41. The molecule has 206 valence electrons. The predicted octanol–water partition coefficient (Wildman–Crippen LogP) is 3.60. The fourth-order valence-electron chi connectivity index (χ4n) is 6.05. The lowest BCUT2D eigenvalue weighted by Crippen LogP contribution is -2.47. The topological polar surface area (TPSA) is 121 Å². The van der Waals surface area contributed by atoms with Crippen LogP contribution in [-0.2, 0) is 33.3 Å². The van der Waals surface area contributed by atoms with Crippen LogP contribution in [-0.4, -0.2) is 65.6 Å². The van der Waals surface area contributed by atoms with Gasteiger partial charge in [0, 0.05) is 31.1 Å². The van der Waals surface area contributed by atoms with E-state index in [1.54, 1.807) is 25.3 Å². The molecule has 9 heteroatoms. The third-order valence-corrected chi connectivity index (χ3v) is 8.33. The van der Waals surface area contributed by atoms with Gasteiger partial charge in [0.25, 0.3) is 0 Å². The summed E-state index contributed by atoms with van der Waals surface area (Å²) >= 11 is 0. The minimum Gasteiger partial charge on any atom is -0.454 e. The number of methoxy groups -OCH3 is 1. The molecule has 0 amide bonds. The molecule has 1 fully saturated rings. The minimum atomic E-state index is -0.942. The van der Waals surface area contributed by atoms with Crippen molar-refractivity contribution >= 4 is 23.5 Å². The SMILES string of the molecule is CO[C@H]1C[C@H]2C=C[C@@H]3C[C@]2(O[C@H]3[C@H](OC(=O)c2ccc[nH]2)[C@H](C)C(C)=O)/C(C)=C/[C@@H](C)[C@@H](C(C)=O)OC1=O. The lowest BCUT2D eigenvalue weighted by Gasteiger charge is -2.41. The molecule has 0 aromatic carbocycles.